The SMILES string of the molecule is N#Cc1cnc2c(Nc3ccc(F)c([C@]4(CF)C[C@@H](C(F)(F)F)OC(N)=N4)c3)ncnc2c1. The van der Waals surface area contributed by atoms with Crippen molar-refractivity contribution in [3.63, 3.8) is 0 Å². The predicted octanol–water partition coefficient (Wildman–Crippen LogP) is 3.61. The van der Waals surface area contributed by atoms with E-state index in [9.17, 15) is 22.0 Å². The molecule has 170 valence electrons. The molecule has 0 radical (unpaired) electrons. The molecule has 2 atom stereocenters. The lowest BCUT2D eigenvalue weighted by Crippen LogP contribution is -2.48. The van der Waals surface area contributed by atoms with Crippen LogP contribution in [0.1, 0.15) is 17.5 Å². The Hall–Kier alpha value is -4.08. The molecule has 1 aliphatic heterocycles. The van der Waals surface area contributed by atoms with Crippen LogP contribution in [0, 0.1) is 17.1 Å². The van der Waals surface area contributed by atoms with Gasteiger partial charge in [0.25, 0.3) is 6.02 Å². The minimum Gasteiger partial charge on any atom is -0.452 e. The molecule has 13 heteroatoms. The van der Waals surface area contributed by atoms with Gasteiger partial charge in [-0.3, -0.25) is 0 Å². The number of hydrogen-bond acceptors (Lipinski definition) is 8. The molecule has 0 saturated carbocycles. The summed E-state index contributed by atoms with van der Waals surface area (Å²) in [5, 5.41) is 11.9. The molecule has 0 saturated heterocycles. The highest BCUT2D eigenvalue weighted by Gasteiger charge is 2.52. The average Bonchev–Trinajstić information content (AvgIpc) is 2.79. The van der Waals surface area contributed by atoms with Crippen molar-refractivity contribution in [3.05, 3.63) is 53.7 Å². The van der Waals surface area contributed by atoms with Crippen LogP contribution in [0.5, 0.6) is 0 Å². The third-order valence-corrected chi connectivity index (χ3v) is 5.03. The molecule has 3 aromatic rings. The quantitative estimate of drug-likeness (QED) is 0.567. The molecule has 3 heterocycles. The van der Waals surface area contributed by atoms with Crippen LogP contribution in [0.4, 0.5) is 33.5 Å². The van der Waals surface area contributed by atoms with Crippen LogP contribution >= 0.6 is 0 Å². The summed E-state index contributed by atoms with van der Waals surface area (Å²) >= 11 is 0. The second-order valence-corrected chi connectivity index (χ2v) is 7.21. The molecule has 0 fully saturated rings. The summed E-state index contributed by atoms with van der Waals surface area (Å²) in [6.45, 7) is -1.45. The van der Waals surface area contributed by atoms with Crippen LogP contribution in [0.15, 0.2) is 41.8 Å². The summed E-state index contributed by atoms with van der Waals surface area (Å²) in [6, 6.07) is 5.91. The maximum Gasteiger partial charge on any atom is 0.425 e. The normalized spacial score (nSPS) is 20.6. The molecule has 33 heavy (non-hydrogen) atoms. The highest BCUT2D eigenvalue weighted by atomic mass is 19.4. The maximum absolute atomic E-state index is 14.7. The van der Waals surface area contributed by atoms with Crippen LogP contribution in [0.25, 0.3) is 11.0 Å². The Labute approximate surface area is 182 Å². The number of anilines is 2. The second-order valence-electron chi connectivity index (χ2n) is 7.21. The van der Waals surface area contributed by atoms with Crippen molar-refractivity contribution in [1.29, 1.82) is 5.26 Å². The first-order valence-electron chi connectivity index (χ1n) is 9.38. The zero-order chi connectivity index (χ0) is 23.8. The molecular weight excluding hydrogens is 449 g/mol. The van der Waals surface area contributed by atoms with Gasteiger partial charge in [0.15, 0.2) is 11.9 Å². The van der Waals surface area contributed by atoms with Gasteiger partial charge in [0.2, 0.25) is 0 Å². The fourth-order valence-electron chi connectivity index (χ4n) is 3.48. The number of rotatable bonds is 4. The summed E-state index contributed by atoms with van der Waals surface area (Å²) in [6.07, 6.45) is -5.80. The van der Waals surface area contributed by atoms with Gasteiger partial charge in [0.05, 0.1) is 11.1 Å². The first kappa shape index (κ1) is 22.1. The highest BCUT2D eigenvalue weighted by Crippen LogP contribution is 2.42. The number of nitriles is 1. The number of pyridine rings is 1. The number of amidine groups is 1. The number of halogens is 5. The minimum absolute atomic E-state index is 0.175. The van der Waals surface area contributed by atoms with Crippen LogP contribution in [0.2, 0.25) is 0 Å². The van der Waals surface area contributed by atoms with Crippen molar-refractivity contribution >= 4 is 28.6 Å². The van der Waals surface area contributed by atoms with E-state index in [-0.39, 0.29) is 22.6 Å². The van der Waals surface area contributed by atoms with E-state index in [2.05, 4.69) is 30.0 Å². The van der Waals surface area contributed by atoms with Crippen molar-refractivity contribution in [2.75, 3.05) is 12.0 Å². The van der Waals surface area contributed by atoms with Crippen LogP contribution < -0.4 is 11.1 Å². The third kappa shape index (κ3) is 4.19. The van der Waals surface area contributed by atoms with Crippen LogP contribution in [-0.4, -0.2) is 39.9 Å². The molecule has 1 aliphatic rings. The molecule has 0 aliphatic carbocycles. The van der Waals surface area contributed by atoms with Crippen molar-refractivity contribution < 1.29 is 26.7 Å². The predicted molar refractivity (Wildman–Crippen MR) is 107 cm³/mol. The first-order valence-corrected chi connectivity index (χ1v) is 9.38. The number of aromatic nitrogens is 3. The summed E-state index contributed by atoms with van der Waals surface area (Å²) in [5.74, 6) is -0.790. The van der Waals surface area contributed by atoms with E-state index in [4.69, 9.17) is 11.0 Å². The van der Waals surface area contributed by atoms with Gasteiger partial charge >= 0.3 is 6.18 Å². The van der Waals surface area contributed by atoms with Gasteiger partial charge in [0, 0.05) is 23.9 Å². The van der Waals surface area contributed by atoms with E-state index in [1.54, 1.807) is 0 Å². The second kappa shape index (κ2) is 8.12. The van der Waals surface area contributed by atoms with Gasteiger partial charge < -0.3 is 15.8 Å². The highest BCUT2D eigenvalue weighted by molar-refractivity contribution is 5.87. The number of alkyl halides is 4. The Kier molecular flexibility index (Phi) is 5.44. The van der Waals surface area contributed by atoms with Gasteiger partial charge in [-0.25, -0.2) is 28.7 Å². The largest absolute Gasteiger partial charge is 0.452 e. The van der Waals surface area contributed by atoms with Crippen molar-refractivity contribution in [1.82, 2.24) is 15.0 Å². The Morgan fingerprint density at radius 3 is 2.73 bits per heavy atom. The summed E-state index contributed by atoms with van der Waals surface area (Å²) in [5.41, 5.74) is 3.79. The minimum atomic E-state index is -4.86. The van der Waals surface area contributed by atoms with Gasteiger partial charge in [-0.1, -0.05) is 0 Å². The number of hydrogen-bond donors (Lipinski definition) is 2. The Balaban J connectivity index is 1.75. The molecule has 3 N–H and O–H groups in total. The molecule has 4 rings (SSSR count). The van der Waals surface area contributed by atoms with E-state index in [0.717, 1.165) is 12.1 Å². The van der Waals surface area contributed by atoms with E-state index in [0.29, 0.717) is 5.52 Å². The van der Waals surface area contributed by atoms with Crippen molar-refractivity contribution in [2.24, 2.45) is 10.7 Å². The number of ether oxygens (including phenoxy) is 1. The number of nitrogens with one attached hydrogen (secondary N) is 1. The average molecular weight is 463 g/mol. The van der Waals surface area contributed by atoms with Crippen molar-refractivity contribution in [2.45, 2.75) is 24.2 Å². The molecule has 2 aromatic heterocycles. The number of nitrogens with zero attached hydrogens (tertiary/aromatic N) is 5. The molecule has 0 unspecified atom stereocenters. The smallest absolute Gasteiger partial charge is 0.425 e. The lowest BCUT2D eigenvalue weighted by atomic mass is 9.84. The van der Waals surface area contributed by atoms with Crippen LogP contribution in [-0.2, 0) is 10.3 Å². The Morgan fingerprint density at radius 2 is 2.03 bits per heavy atom. The molecule has 8 nitrogen and oxygen atoms in total. The summed E-state index contributed by atoms with van der Waals surface area (Å²) < 4.78 is 73.2. The van der Waals surface area contributed by atoms with Gasteiger partial charge in [-0.2, -0.15) is 18.4 Å². The zero-order valence-corrected chi connectivity index (χ0v) is 16.6. The van der Waals surface area contributed by atoms with Crippen LogP contribution in [0.3, 0.4) is 0 Å². The van der Waals surface area contributed by atoms with Gasteiger partial charge in [-0.15, -0.1) is 0 Å². The lowest BCUT2D eigenvalue weighted by Gasteiger charge is -2.36. The Morgan fingerprint density at radius 1 is 1.24 bits per heavy atom. The monoisotopic (exact) mass is 463 g/mol. The standard InChI is InChI=1S/C20H14F5N7O/c21-8-19(5-15(20(23,24)25)33-18(27)32-19)12-4-11(1-2-13(12)22)31-17-16-14(29-9-30-17)3-10(6-26)7-28-16/h1-4,7,9,15H,5,8H2,(H2,27,32)(H,29,30,31)/t15-,19+/m0/s1. The fourth-order valence-corrected chi connectivity index (χ4v) is 3.48. The topological polar surface area (TPSA) is 122 Å². The summed E-state index contributed by atoms with van der Waals surface area (Å²) in [7, 11) is 0. The fraction of sp³-hybridized carbons (Fsp3) is 0.250. The zero-order valence-electron chi connectivity index (χ0n) is 16.6. The molecule has 0 amide bonds. The third-order valence-electron chi connectivity index (χ3n) is 5.03. The van der Waals surface area contributed by atoms with E-state index in [1.807, 2.05) is 6.07 Å². The van der Waals surface area contributed by atoms with Gasteiger partial charge in [0.1, 0.15) is 35.9 Å². The number of nitrogens with two attached hydrogens (primary N) is 1. The number of aliphatic imine (C=N–C) groups is 1. The van der Waals surface area contributed by atoms with E-state index < -0.39 is 48.3 Å². The Bertz CT molecular complexity index is 1290. The first-order chi connectivity index (χ1) is 15.6. The van der Waals surface area contributed by atoms with Gasteiger partial charge in [-0.05, 0) is 24.3 Å². The number of benzene rings is 1. The van der Waals surface area contributed by atoms with E-state index >= 15 is 0 Å². The maximum atomic E-state index is 14.7. The molecule has 0 spiro atoms. The molecule has 1 aromatic carbocycles. The molecular formula is C20H14F5N7O. The molecule has 0 bridgehead atoms. The lowest BCUT2D eigenvalue weighted by molar-refractivity contribution is -0.209. The van der Waals surface area contributed by atoms with Crippen molar-refractivity contribution in [3.8, 4) is 6.07 Å². The summed E-state index contributed by atoms with van der Waals surface area (Å²) in [4.78, 5) is 15.9. The number of fused-ring (bicyclic) bond motifs is 1. The van der Waals surface area contributed by atoms with E-state index in [1.165, 1.54) is 24.7 Å².